The van der Waals surface area contributed by atoms with Crippen molar-refractivity contribution in [3.05, 3.63) is 95.7 Å². The second-order valence-electron chi connectivity index (χ2n) is 11.5. The summed E-state index contributed by atoms with van der Waals surface area (Å²) in [6.45, 7) is 4.02. The Labute approximate surface area is 248 Å². The molecule has 0 saturated carbocycles. The first kappa shape index (κ1) is 29.2. The maximum atomic E-state index is 13.9. The molecule has 4 aromatic rings. The van der Waals surface area contributed by atoms with Crippen LogP contribution in [0.25, 0.3) is 10.9 Å². The SMILES string of the molecule is COc1ccc(C2CCN(C(=O)N[C@@H](C(=O)Nc3cccc(CN(C)C)c3)[C@H](C)c3c[nH]c4ccccc34)CC2)cc1. The number of nitrogens with zero attached hydrogens (tertiary/aromatic N) is 2. The average molecular weight is 568 g/mol. The van der Waals surface area contributed by atoms with E-state index in [4.69, 9.17) is 4.74 Å². The highest BCUT2D eigenvalue weighted by atomic mass is 16.5. The molecule has 1 saturated heterocycles. The molecule has 1 aliphatic heterocycles. The maximum absolute atomic E-state index is 13.9. The van der Waals surface area contributed by atoms with Gasteiger partial charge in [0.2, 0.25) is 5.91 Å². The van der Waals surface area contributed by atoms with Gasteiger partial charge in [0.1, 0.15) is 11.8 Å². The van der Waals surface area contributed by atoms with Crippen molar-refractivity contribution in [1.82, 2.24) is 20.1 Å². The molecule has 1 fully saturated rings. The van der Waals surface area contributed by atoms with E-state index in [-0.39, 0.29) is 17.9 Å². The number of urea groups is 1. The highest BCUT2D eigenvalue weighted by Gasteiger charge is 2.32. The number of aromatic amines is 1. The highest BCUT2D eigenvalue weighted by Crippen LogP contribution is 2.31. The number of para-hydroxylation sites is 1. The number of hydrogen-bond donors (Lipinski definition) is 3. The molecule has 42 heavy (non-hydrogen) atoms. The van der Waals surface area contributed by atoms with E-state index in [1.807, 2.05) is 92.8 Å². The second-order valence-corrected chi connectivity index (χ2v) is 11.5. The fourth-order valence-electron chi connectivity index (χ4n) is 5.92. The molecule has 1 aromatic heterocycles. The fraction of sp³-hybridized carbons (Fsp3) is 0.353. The third-order valence-electron chi connectivity index (χ3n) is 8.24. The van der Waals surface area contributed by atoms with Crippen LogP contribution >= 0.6 is 0 Å². The van der Waals surface area contributed by atoms with Crippen molar-refractivity contribution >= 4 is 28.5 Å². The van der Waals surface area contributed by atoms with E-state index >= 15 is 0 Å². The Balaban J connectivity index is 1.32. The Hall–Kier alpha value is -4.30. The van der Waals surface area contributed by atoms with Crippen molar-refractivity contribution < 1.29 is 14.3 Å². The minimum Gasteiger partial charge on any atom is -0.497 e. The number of fused-ring (bicyclic) bond motifs is 1. The van der Waals surface area contributed by atoms with Crippen LogP contribution in [-0.4, -0.2) is 67.1 Å². The molecule has 1 aliphatic rings. The zero-order chi connectivity index (χ0) is 29.6. The Morgan fingerprint density at radius 3 is 2.48 bits per heavy atom. The van der Waals surface area contributed by atoms with E-state index < -0.39 is 6.04 Å². The van der Waals surface area contributed by atoms with Gasteiger partial charge in [-0.1, -0.05) is 49.4 Å². The predicted molar refractivity (Wildman–Crippen MR) is 168 cm³/mol. The molecule has 0 aliphatic carbocycles. The van der Waals surface area contributed by atoms with Gasteiger partial charge in [0.25, 0.3) is 0 Å². The Morgan fingerprint density at radius 2 is 1.76 bits per heavy atom. The minimum atomic E-state index is -0.770. The number of nitrogens with one attached hydrogen (secondary N) is 3. The molecule has 8 nitrogen and oxygen atoms in total. The molecule has 0 bridgehead atoms. The van der Waals surface area contributed by atoms with Crippen LogP contribution in [-0.2, 0) is 11.3 Å². The zero-order valence-corrected chi connectivity index (χ0v) is 24.9. The number of aromatic nitrogens is 1. The van der Waals surface area contributed by atoms with Gasteiger partial charge in [0, 0.05) is 48.3 Å². The summed E-state index contributed by atoms with van der Waals surface area (Å²) in [7, 11) is 5.69. The summed E-state index contributed by atoms with van der Waals surface area (Å²) in [5.41, 5.74) is 5.07. The lowest BCUT2D eigenvalue weighted by Gasteiger charge is -2.34. The summed E-state index contributed by atoms with van der Waals surface area (Å²) in [5.74, 6) is 0.718. The van der Waals surface area contributed by atoms with E-state index in [2.05, 4.69) is 32.7 Å². The number of H-pyrrole nitrogens is 1. The zero-order valence-electron chi connectivity index (χ0n) is 24.9. The van der Waals surface area contributed by atoms with Gasteiger partial charge in [0.05, 0.1) is 7.11 Å². The lowest BCUT2D eigenvalue weighted by Crippen LogP contribution is -2.53. The van der Waals surface area contributed by atoms with E-state index in [9.17, 15) is 9.59 Å². The second kappa shape index (κ2) is 13.1. The number of benzene rings is 3. The molecule has 220 valence electrons. The van der Waals surface area contributed by atoms with Crippen LogP contribution in [0.4, 0.5) is 10.5 Å². The Bertz CT molecular complexity index is 1510. The number of likely N-dealkylation sites (tertiary alicyclic amines) is 1. The third kappa shape index (κ3) is 6.77. The summed E-state index contributed by atoms with van der Waals surface area (Å²) in [4.78, 5) is 34.7. The van der Waals surface area contributed by atoms with Gasteiger partial charge in [0.15, 0.2) is 0 Å². The number of piperidine rings is 1. The standard InChI is InChI=1S/C34H41N5O3/c1-23(30-21-35-31-11-6-5-10-29(30)31)32(33(40)36-27-9-7-8-24(20-27)22-38(2)3)37-34(41)39-18-16-26(17-19-39)25-12-14-28(42-4)15-13-25/h5-15,20-21,23,26,32,35H,16-19,22H2,1-4H3,(H,36,40)(H,37,41)/t23-,32-/m1/s1. The minimum absolute atomic E-state index is 0.212. The smallest absolute Gasteiger partial charge is 0.318 e. The molecule has 8 heteroatoms. The number of rotatable bonds is 9. The number of amides is 3. The summed E-state index contributed by atoms with van der Waals surface area (Å²) in [6.07, 6.45) is 3.68. The fourth-order valence-corrected chi connectivity index (χ4v) is 5.92. The summed E-state index contributed by atoms with van der Waals surface area (Å²) >= 11 is 0. The van der Waals surface area contributed by atoms with Crippen molar-refractivity contribution in [3.63, 3.8) is 0 Å². The van der Waals surface area contributed by atoms with Crippen molar-refractivity contribution in [3.8, 4) is 5.75 Å². The molecule has 3 aromatic carbocycles. The molecule has 0 spiro atoms. The number of ether oxygens (including phenoxy) is 1. The molecule has 3 amide bonds. The van der Waals surface area contributed by atoms with Gasteiger partial charge in [-0.15, -0.1) is 0 Å². The third-order valence-corrected chi connectivity index (χ3v) is 8.24. The van der Waals surface area contributed by atoms with Crippen LogP contribution < -0.4 is 15.4 Å². The van der Waals surface area contributed by atoms with Gasteiger partial charge >= 0.3 is 6.03 Å². The quantitative estimate of drug-likeness (QED) is 0.234. The molecule has 2 atom stereocenters. The molecular weight excluding hydrogens is 526 g/mol. The van der Waals surface area contributed by atoms with E-state index in [1.165, 1.54) is 5.56 Å². The normalized spacial score (nSPS) is 15.4. The number of hydrogen-bond acceptors (Lipinski definition) is 4. The summed E-state index contributed by atoms with van der Waals surface area (Å²) in [6, 6.07) is 23.1. The average Bonchev–Trinajstić information content (AvgIpc) is 3.44. The van der Waals surface area contributed by atoms with Crippen LogP contribution in [0.15, 0.2) is 79.0 Å². The maximum Gasteiger partial charge on any atom is 0.318 e. The van der Waals surface area contributed by atoms with Crippen LogP contribution in [0, 0.1) is 0 Å². The van der Waals surface area contributed by atoms with E-state index in [0.717, 1.165) is 47.2 Å². The van der Waals surface area contributed by atoms with Crippen molar-refractivity contribution in [2.24, 2.45) is 0 Å². The van der Waals surface area contributed by atoms with Crippen LogP contribution in [0.3, 0.4) is 0 Å². The van der Waals surface area contributed by atoms with Gasteiger partial charge in [-0.05, 0) is 79.9 Å². The van der Waals surface area contributed by atoms with Crippen molar-refractivity contribution in [2.75, 3.05) is 39.6 Å². The Morgan fingerprint density at radius 1 is 1.02 bits per heavy atom. The van der Waals surface area contributed by atoms with E-state index in [0.29, 0.717) is 24.7 Å². The number of carbonyl (C=O) groups excluding carboxylic acids is 2. The van der Waals surface area contributed by atoms with Gasteiger partial charge in [-0.25, -0.2) is 4.79 Å². The molecule has 0 radical (unpaired) electrons. The molecular formula is C34H41N5O3. The van der Waals surface area contributed by atoms with Crippen LogP contribution in [0.2, 0.25) is 0 Å². The van der Waals surface area contributed by atoms with Gasteiger partial charge in [-0.3, -0.25) is 4.79 Å². The van der Waals surface area contributed by atoms with Gasteiger partial charge < -0.3 is 30.2 Å². The molecule has 2 heterocycles. The molecule has 5 rings (SSSR count). The molecule has 0 unspecified atom stereocenters. The Kier molecular flexibility index (Phi) is 9.12. The monoisotopic (exact) mass is 567 g/mol. The predicted octanol–water partition coefficient (Wildman–Crippen LogP) is 5.94. The topological polar surface area (TPSA) is 89.7 Å². The first-order chi connectivity index (χ1) is 20.3. The first-order valence-corrected chi connectivity index (χ1v) is 14.6. The van der Waals surface area contributed by atoms with Crippen LogP contribution in [0.5, 0.6) is 5.75 Å². The molecule has 3 N–H and O–H groups in total. The van der Waals surface area contributed by atoms with Crippen LogP contribution in [0.1, 0.15) is 48.3 Å². The largest absolute Gasteiger partial charge is 0.497 e. The van der Waals surface area contributed by atoms with Crippen molar-refractivity contribution in [1.29, 1.82) is 0 Å². The summed E-state index contributed by atoms with van der Waals surface area (Å²) < 4.78 is 5.29. The lowest BCUT2D eigenvalue weighted by atomic mass is 9.89. The van der Waals surface area contributed by atoms with E-state index in [1.54, 1.807) is 7.11 Å². The van der Waals surface area contributed by atoms with Gasteiger partial charge in [-0.2, -0.15) is 0 Å². The number of anilines is 1. The number of methoxy groups -OCH3 is 1. The lowest BCUT2D eigenvalue weighted by molar-refractivity contribution is -0.118. The highest BCUT2D eigenvalue weighted by molar-refractivity contribution is 5.98. The first-order valence-electron chi connectivity index (χ1n) is 14.6. The van der Waals surface area contributed by atoms with Crippen molar-refractivity contribution in [2.45, 2.75) is 44.2 Å². The number of carbonyl (C=O) groups is 2. The summed E-state index contributed by atoms with van der Waals surface area (Å²) in [5, 5.41) is 7.24.